The zero-order valence-electron chi connectivity index (χ0n) is 14.6. The molecule has 2 aromatic rings. The van der Waals surface area contributed by atoms with Gasteiger partial charge in [0, 0.05) is 17.4 Å². The highest BCUT2D eigenvalue weighted by atomic mass is 32.2. The zero-order valence-corrected chi connectivity index (χ0v) is 16.2. The Hall–Kier alpha value is -2.32. The first-order valence-electron chi connectivity index (χ1n) is 8.22. The minimum Gasteiger partial charge on any atom is -0.497 e. The largest absolute Gasteiger partial charge is 0.497 e. The van der Waals surface area contributed by atoms with Crippen LogP contribution in [0.3, 0.4) is 0 Å². The summed E-state index contributed by atoms with van der Waals surface area (Å²) in [6, 6.07) is 12.3. The lowest BCUT2D eigenvalue weighted by atomic mass is 10.2. The Labute approximate surface area is 159 Å². The van der Waals surface area contributed by atoms with Crippen molar-refractivity contribution >= 4 is 38.7 Å². The van der Waals surface area contributed by atoms with E-state index in [1.807, 2.05) is 6.07 Å². The van der Waals surface area contributed by atoms with Crippen LogP contribution in [0.5, 0.6) is 5.75 Å². The summed E-state index contributed by atoms with van der Waals surface area (Å²) in [6.07, 6.45) is 2.22. The van der Waals surface area contributed by atoms with Crippen LogP contribution in [0.1, 0.15) is 18.4 Å². The summed E-state index contributed by atoms with van der Waals surface area (Å²) >= 11 is 5.25. The molecule has 0 aliphatic heterocycles. The van der Waals surface area contributed by atoms with Crippen molar-refractivity contribution in [3.63, 3.8) is 0 Å². The van der Waals surface area contributed by atoms with E-state index >= 15 is 0 Å². The standard InChI is InChI=1S/C18H21N3O3S2/c1-12-3-4-15(20-18(25)19-13-5-6-13)11-17(12)26(22,23)21-14-7-9-16(24-2)10-8-14/h3-4,7-11,13,21H,5-6H2,1-2H3,(H2,19,20,25). The predicted molar refractivity (Wildman–Crippen MR) is 107 cm³/mol. The Balaban J connectivity index is 1.78. The molecule has 3 N–H and O–H groups in total. The molecular weight excluding hydrogens is 370 g/mol. The quantitative estimate of drug-likeness (QED) is 0.656. The number of sulfonamides is 1. The molecule has 0 amide bonds. The van der Waals surface area contributed by atoms with E-state index in [9.17, 15) is 8.42 Å². The van der Waals surface area contributed by atoms with Crippen LogP contribution in [0, 0.1) is 6.92 Å². The van der Waals surface area contributed by atoms with Gasteiger partial charge < -0.3 is 15.4 Å². The maximum Gasteiger partial charge on any atom is 0.262 e. The van der Waals surface area contributed by atoms with E-state index < -0.39 is 10.0 Å². The maximum absolute atomic E-state index is 12.8. The summed E-state index contributed by atoms with van der Waals surface area (Å²) in [4.78, 5) is 0.201. The number of hydrogen-bond acceptors (Lipinski definition) is 4. The lowest BCUT2D eigenvalue weighted by Gasteiger charge is -2.14. The van der Waals surface area contributed by atoms with Gasteiger partial charge in [-0.2, -0.15) is 0 Å². The van der Waals surface area contributed by atoms with Gasteiger partial charge in [0.1, 0.15) is 5.75 Å². The number of benzene rings is 2. The molecule has 2 aromatic carbocycles. The van der Waals surface area contributed by atoms with Crippen molar-refractivity contribution in [1.29, 1.82) is 0 Å². The average Bonchev–Trinajstić information content (AvgIpc) is 3.40. The van der Waals surface area contributed by atoms with Crippen LogP contribution in [0.2, 0.25) is 0 Å². The minimum atomic E-state index is -3.73. The Bertz CT molecular complexity index is 908. The van der Waals surface area contributed by atoms with Crippen molar-refractivity contribution in [2.75, 3.05) is 17.1 Å². The normalized spacial score (nSPS) is 13.8. The monoisotopic (exact) mass is 391 g/mol. The van der Waals surface area contributed by atoms with Crippen molar-refractivity contribution in [2.24, 2.45) is 0 Å². The topological polar surface area (TPSA) is 79.5 Å². The molecule has 8 heteroatoms. The highest BCUT2D eigenvalue weighted by Crippen LogP contribution is 2.24. The highest BCUT2D eigenvalue weighted by molar-refractivity contribution is 7.92. The van der Waals surface area contributed by atoms with Gasteiger partial charge >= 0.3 is 0 Å². The molecule has 0 radical (unpaired) electrons. The van der Waals surface area contributed by atoms with Crippen LogP contribution in [0.15, 0.2) is 47.4 Å². The summed E-state index contributed by atoms with van der Waals surface area (Å²) in [5.41, 5.74) is 1.75. The highest BCUT2D eigenvalue weighted by Gasteiger charge is 2.22. The second-order valence-corrected chi connectivity index (χ2v) is 8.25. The fourth-order valence-corrected chi connectivity index (χ4v) is 4.03. The number of methoxy groups -OCH3 is 1. The number of anilines is 2. The molecule has 1 saturated carbocycles. The fourth-order valence-electron chi connectivity index (χ4n) is 2.42. The van der Waals surface area contributed by atoms with E-state index in [1.165, 1.54) is 0 Å². The summed E-state index contributed by atoms with van der Waals surface area (Å²) < 4.78 is 33.2. The van der Waals surface area contributed by atoms with Crippen molar-refractivity contribution in [3.05, 3.63) is 48.0 Å². The Kier molecular flexibility index (Phi) is 5.33. The van der Waals surface area contributed by atoms with E-state index in [4.69, 9.17) is 17.0 Å². The van der Waals surface area contributed by atoms with Gasteiger partial charge in [-0.3, -0.25) is 4.72 Å². The van der Waals surface area contributed by atoms with Crippen molar-refractivity contribution in [2.45, 2.75) is 30.7 Å². The second kappa shape index (κ2) is 7.51. The number of ether oxygens (including phenoxy) is 1. The maximum atomic E-state index is 12.8. The van der Waals surface area contributed by atoms with Crippen LogP contribution in [0.4, 0.5) is 11.4 Å². The first kappa shape index (κ1) is 18.5. The molecule has 138 valence electrons. The first-order valence-corrected chi connectivity index (χ1v) is 10.1. The molecule has 1 aliphatic carbocycles. The van der Waals surface area contributed by atoms with Crippen LogP contribution in [-0.2, 0) is 10.0 Å². The van der Waals surface area contributed by atoms with Gasteiger partial charge in [-0.05, 0) is 73.9 Å². The van der Waals surface area contributed by atoms with E-state index in [1.54, 1.807) is 50.4 Å². The molecule has 1 fully saturated rings. The summed E-state index contributed by atoms with van der Waals surface area (Å²) in [7, 11) is -2.17. The summed E-state index contributed by atoms with van der Waals surface area (Å²) in [5, 5.41) is 6.72. The molecule has 26 heavy (non-hydrogen) atoms. The van der Waals surface area contributed by atoms with E-state index in [-0.39, 0.29) is 4.90 Å². The van der Waals surface area contributed by atoms with Gasteiger partial charge in [0.25, 0.3) is 10.0 Å². The Morgan fingerprint density at radius 2 is 1.77 bits per heavy atom. The van der Waals surface area contributed by atoms with Crippen LogP contribution < -0.4 is 20.1 Å². The third-order valence-corrected chi connectivity index (χ3v) is 5.73. The van der Waals surface area contributed by atoms with E-state index in [0.29, 0.717) is 33.8 Å². The Morgan fingerprint density at radius 3 is 2.38 bits per heavy atom. The van der Waals surface area contributed by atoms with Crippen molar-refractivity contribution in [1.82, 2.24) is 5.32 Å². The number of hydrogen-bond donors (Lipinski definition) is 3. The lowest BCUT2D eigenvalue weighted by molar-refractivity contribution is 0.415. The lowest BCUT2D eigenvalue weighted by Crippen LogP contribution is -2.30. The number of nitrogens with one attached hydrogen (secondary N) is 3. The molecule has 1 aliphatic rings. The van der Waals surface area contributed by atoms with Gasteiger partial charge in [-0.25, -0.2) is 8.42 Å². The zero-order chi connectivity index (χ0) is 18.7. The molecule has 0 atom stereocenters. The SMILES string of the molecule is COc1ccc(NS(=O)(=O)c2cc(NC(=S)NC3CC3)ccc2C)cc1. The number of rotatable bonds is 6. The average molecular weight is 392 g/mol. The second-order valence-electron chi connectivity index (χ2n) is 6.19. The van der Waals surface area contributed by atoms with Gasteiger partial charge in [0.15, 0.2) is 5.11 Å². The minimum absolute atomic E-state index is 0.201. The predicted octanol–water partition coefficient (Wildman–Crippen LogP) is 3.25. The molecule has 3 rings (SSSR count). The smallest absolute Gasteiger partial charge is 0.262 e. The van der Waals surface area contributed by atoms with Crippen LogP contribution >= 0.6 is 12.2 Å². The molecular formula is C18H21N3O3S2. The van der Waals surface area contributed by atoms with Crippen molar-refractivity contribution in [3.8, 4) is 5.75 Å². The van der Waals surface area contributed by atoms with Gasteiger partial charge in [-0.15, -0.1) is 0 Å². The third kappa shape index (κ3) is 4.64. The molecule has 6 nitrogen and oxygen atoms in total. The summed E-state index contributed by atoms with van der Waals surface area (Å²) in [5.74, 6) is 0.659. The van der Waals surface area contributed by atoms with Gasteiger partial charge in [0.2, 0.25) is 0 Å². The number of aryl methyl sites for hydroxylation is 1. The fraction of sp³-hybridized carbons (Fsp3) is 0.278. The first-order chi connectivity index (χ1) is 12.4. The third-order valence-electron chi connectivity index (χ3n) is 3.99. The molecule has 0 bridgehead atoms. The molecule has 0 unspecified atom stereocenters. The molecule has 0 saturated heterocycles. The van der Waals surface area contributed by atoms with Crippen LogP contribution in [-0.4, -0.2) is 26.7 Å². The van der Waals surface area contributed by atoms with Crippen molar-refractivity contribution < 1.29 is 13.2 Å². The summed E-state index contributed by atoms with van der Waals surface area (Å²) in [6.45, 7) is 1.76. The molecule has 0 aromatic heterocycles. The van der Waals surface area contributed by atoms with Gasteiger partial charge in [-0.1, -0.05) is 6.07 Å². The van der Waals surface area contributed by atoms with Gasteiger partial charge in [0.05, 0.1) is 12.0 Å². The van der Waals surface area contributed by atoms with E-state index in [2.05, 4.69) is 15.4 Å². The molecule has 0 spiro atoms. The Morgan fingerprint density at radius 1 is 1.12 bits per heavy atom. The van der Waals surface area contributed by atoms with E-state index in [0.717, 1.165) is 12.8 Å². The molecule has 0 heterocycles. The number of thiocarbonyl (C=S) groups is 1. The van der Waals surface area contributed by atoms with Crippen LogP contribution in [0.25, 0.3) is 0 Å².